The van der Waals surface area contributed by atoms with Crippen LogP contribution in [-0.4, -0.2) is 65.4 Å². The second-order valence-corrected chi connectivity index (χ2v) is 6.57. The quantitative estimate of drug-likeness (QED) is 0.817. The van der Waals surface area contributed by atoms with Crippen LogP contribution >= 0.6 is 0 Å². The number of hydrogen-bond donors (Lipinski definition) is 1. The zero-order chi connectivity index (χ0) is 17.6. The third kappa shape index (κ3) is 4.72. The second kappa shape index (κ2) is 8.33. The first kappa shape index (κ1) is 17.7. The highest BCUT2D eigenvalue weighted by molar-refractivity contribution is 5.92. The molecule has 2 fully saturated rings. The van der Waals surface area contributed by atoms with Crippen molar-refractivity contribution in [3.05, 3.63) is 11.8 Å². The lowest BCUT2D eigenvalue weighted by Crippen LogP contribution is -2.38. The van der Waals surface area contributed by atoms with E-state index in [-0.39, 0.29) is 30.2 Å². The van der Waals surface area contributed by atoms with Crippen molar-refractivity contribution in [2.75, 3.05) is 32.8 Å². The monoisotopic (exact) mass is 350 g/mol. The molecule has 2 aliphatic heterocycles. The molecule has 138 valence electrons. The van der Waals surface area contributed by atoms with Crippen LogP contribution in [0.3, 0.4) is 0 Å². The lowest BCUT2D eigenvalue weighted by molar-refractivity contribution is -0.134. The average Bonchev–Trinajstić information content (AvgIpc) is 3.28. The van der Waals surface area contributed by atoms with E-state index in [2.05, 4.69) is 10.4 Å². The summed E-state index contributed by atoms with van der Waals surface area (Å²) >= 11 is 0. The number of ether oxygens (including phenoxy) is 2. The summed E-state index contributed by atoms with van der Waals surface area (Å²) < 4.78 is 12.5. The second-order valence-electron chi connectivity index (χ2n) is 6.57. The van der Waals surface area contributed by atoms with Gasteiger partial charge < -0.3 is 19.7 Å². The van der Waals surface area contributed by atoms with Crippen LogP contribution in [0, 0.1) is 0 Å². The van der Waals surface area contributed by atoms with Gasteiger partial charge in [0.15, 0.2) is 12.3 Å². The van der Waals surface area contributed by atoms with Gasteiger partial charge in [0.25, 0.3) is 11.8 Å². The summed E-state index contributed by atoms with van der Waals surface area (Å²) in [5.41, 5.74) is 0.279. The van der Waals surface area contributed by atoms with Crippen molar-refractivity contribution in [3.8, 4) is 5.88 Å². The van der Waals surface area contributed by atoms with Crippen LogP contribution in [0.2, 0.25) is 0 Å². The highest BCUT2D eigenvalue weighted by atomic mass is 16.5. The highest BCUT2D eigenvalue weighted by Crippen LogP contribution is 2.14. The molecule has 0 saturated carbocycles. The van der Waals surface area contributed by atoms with E-state index >= 15 is 0 Å². The van der Waals surface area contributed by atoms with Gasteiger partial charge in [0.2, 0.25) is 5.88 Å². The summed E-state index contributed by atoms with van der Waals surface area (Å²) in [6.45, 7) is 2.80. The van der Waals surface area contributed by atoms with Gasteiger partial charge in [0, 0.05) is 39.4 Å². The average molecular weight is 350 g/mol. The number of piperidine rings is 1. The molecule has 1 atom stereocenters. The molecule has 0 spiro atoms. The first-order valence-corrected chi connectivity index (χ1v) is 8.98. The number of likely N-dealkylation sites (tertiary alicyclic amines) is 1. The van der Waals surface area contributed by atoms with Crippen LogP contribution < -0.4 is 10.1 Å². The summed E-state index contributed by atoms with van der Waals surface area (Å²) in [6, 6.07) is 1.56. The SMILES string of the molecule is Cn1nc(C(=O)NC[C@H]2CCCO2)cc1OCC(=O)N1CCCCC1. The Morgan fingerprint density at radius 2 is 2.12 bits per heavy atom. The maximum absolute atomic E-state index is 12.2. The molecule has 0 aliphatic carbocycles. The zero-order valence-corrected chi connectivity index (χ0v) is 14.7. The summed E-state index contributed by atoms with van der Waals surface area (Å²) in [6.07, 6.45) is 5.36. The molecular weight excluding hydrogens is 324 g/mol. The molecule has 25 heavy (non-hydrogen) atoms. The number of hydrogen-bond acceptors (Lipinski definition) is 5. The summed E-state index contributed by atoms with van der Waals surface area (Å²) in [5, 5.41) is 6.99. The lowest BCUT2D eigenvalue weighted by Gasteiger charge is -2.26. The van der Waals surface area contributed by atoms with Crippen LogP contribution in [-0.2, 0) is 16.6 Å². The van der Waals surface area contributed by atoms with Crippen molar-refractivity contribution in [2.24, 2.45) is 7.05 Å². The zero-order valence-electron chi connectivity index (χ0n) is 14.7. The smallest absolute Gasteiger partial charge is 0.272 e. The van der Waals surface area contributed by atoms with Gasteiger partial charge in [-0.05, 0) is 32.1 Å². The van der Waals surface area contributed by atoms with E-state index in [1.165, 1.54) is 11.1 Å². The molecule has 2 amide bonds. The van der Waals surface area contributed by atoms with Gasteiger partial charge in [0.05, 0.1) is 6.10 Å². The van der Waals surface area contributed by atoms with E-state index in [0.717, 1.165) is 45.4 Å². The number of nitrogens with zero attached hydrogens (tertiary/aromatic N) is 3. The number of amides is 2. The minimum Gasteiger partial charge on any atom is -0.468 e. The van der Waals surface area contributed by atoms with Crippen LogP contribution in [0.4, 0.5) is 0 Å². The fraction of sp³-hybridized carbons (Fsp3) is 0.706. The molecule has 2 aliphatic rings. The van der Waals surface area contributed by atoms with Crippen LogP contribution in [0.25, 0.3) is 0 Å². The largest absolute Gasteiger partial charge is 0.468 e. The minimum atomic E-state index is -0.261. The molecule has 3 heterocycles. The van der Waals surface area contributed by atoms with Gasteiger partial charge in [-0.3, -0.25) is 9.59 Å². The van der Waals surface area contributed by atoms with Gasteiger partial charge in [-0.2, -0.15) is 5.10 Å². The summed E-state index contributed by atoms with van der Waals surface area (Å²) in [7, 11) is 1.69. The predicted molar refractivity (Wildman–Crippen MR) is 90.4 cm³/mol. The fourth-order valence-electron chi connectivity index (χ4n) is 3.17. The van der Waals surface area contributed by atoms with Crippen LogP contribution in [0.5, 0.6) is 5.88 Å². The van der Waals surface area contributed by atoms with Gasteiger partial charge in [-0.15, -0.1) is 0 Å². The van der Waals surface area contributed by atoms with Crippen molar-refractivity contribution < 1.29 is 19.1 Å². The molecular formula is C17H26N4O4. The Hall–Kier alpha value is -2.09. The fourth-order valence-corrected chi connectivity index (χ4v) is 3.17. The number of aryl methyl sites for hydroxylation is 1. The Kier molecular flexibility index (Phi) is 5.91. The van der Waals surface area contributed by atoms with Crippen molar-refractivity contribution in [3.63, 3.8) is 0 Å². The standard InChI is InChI=1S/C17H26N4O4/c1-20-16(25-12-15(22)21-7-3-2-4-8-21)10-14(19-20)17(23)18-11-13-6-5-9-24-13/h10,13H,2-9,11-12H2,1H3,(H,18,23)/t13-/m1/s1. The molecule has 8 nitrogen and oxygen atoms in total. The molecule has 0 radical (unpaired) electrons. The first-order chi connectivity index (χ1) is 12.1. The third-order valence-corrected chi connectivity index (χ3v) is 4.64. The molecule has 8 heteroatoms. The number of carbonyl (C=O) groups excluding carboxylic acids is 2. The normalized spacial score (nSPS) is 20.5. The molecule has 1 aromatic heterocycles. The maximum Gasteiger partial charge on any atom is 0.272 e. The molecule has 1 aromatic rings. The minimum absolute atomic E-state index is 0.0229. The third-order valence-electron chi connectivity index (χ3n) is 4.64. The van der Waals surface area contributed by atoms with E-state index < -0.39 is 0 Å². The number of carbonyl (C=O) groups is 2. The molecule has 3 rings (SSSR count). The van der Waals surface area contributed by atoms with Crippen molar-refractivity contribution in [1.29, 1.82) is 0 Å². The van der Waals surface area contributed by atoms with E-state index in [0.29, 0.717) is 12.4 Å². The van der Waals surface area contributed by atoms with Gasteiger partial charge >= 0.3 is 0 Å². The van der Waals surface area contributed by atoms with Gasteiger partial charge in [0.1, 0.15) is 0 Å². The molecule has 1 N–H and O–H groups in total. The topological polar surface area (TPSA) is 85.7 Å². The van der Waals surface area contributed by atoms with Crippen molar-refractivity contribution in [1.82, 2.24) is 20.0 Å². The van der Waals surface area contributed by atoms with Crippen LogP contribution in [0.15, 0.2) is 6.07 Å². The Bertz CT molecular complexity index is 604. The van der Waals surface area contributed by atoms with Crippen LogP contribution in [0.1, 0.15) is 42.6 Å². The predicted octanol–water partition coefficient (Wildman–Crippen LogP) is 0.720. The summed E-state index contributed by atoms with van der Waals surface area (Å²) in [4.78, 5) is 26.2. The Labute approximate surface area is 147 Å². The number of nitrogens with one attached hydrogen (secondary N) is 1. The molecule has 0 aromatic carbocycles. The Morgan fingerprint density at radius 3 is 2.84 bits per heavy atom. The van der Waals surface area contributed by atoms with Crippen molar-refractivity contribution in [2.45, 2.75) is 38.2 Å². The van der Waals surface area contributed by atoms with Gasteiger partial charge in [-0.1, -0.05) is 0 Å². The van der Waals surface area contributed by atoms with E-state index in [1.807, 2.05) is 4.90 Å². The van der Waals surface area contributed by atoms with E-state index in [4.69, 9.17) is 9.47 Å². The summed E-state index contributed by atoms with van der Waals surface area (Å²) in [5.74, 6) is 0.126. The molecule has 0 unspecified atom stereocenters. The highest BCUT2D eigenvalue weighted by Gasteiger charge is 2.20. The number of aromatic nitrogens is 2. The maximum atomic E-state index is 12.2. The lowest BCUT2D eigenvalue weighted by atomic mass is 10.1. The molecule has 2 saturated heterocycles. The molecule has 0 bridgehead atoms. The van der Waals surface area contributed by atoms with E-state index in [1.54, 1.807) is 13.1 Å². The van der Waals surface area contributed by atoms with E-state index in [9.17, 15) is 9.59 Å². The van der Waals surface area contributed by atoms with Gasteiger partial charge in [-0.25, -0.2) is 4.68 Å². The Balaban J connectivity index is 1.49. The first-order valence-electron chi connectivity index (χ1n) is 8.98. The van der Waals surface area contributed by atoms with Crippen molar-refractivity contribution >= 4 is 11.8 Å². The number of rotatable bonds is 6. The Morgan fingerprint density at radius 1 is 1.32 bits per heavy atom.